The Morgan fingerprint density at radius 3 is 2.70 bits per heavy atom. The SMILES string of the molecule is CCOC(=O)c1c(NC(=O)CNC[C@@H]2CCCN2CC)sc(C(N)=O)c1C. The molecule has 1 aliphatic rings. The Bertz CT molecular complexity index is 704. The van der Waals surface area contributed by atoms with Crippen molar-refractivity contribution in [3.05, 3.63) is 16.0 Å². The van der Waals surface area contributed by atoms with Crippen LogP contribution >= 0.6 is 11.3 Å². The van der Waals surface area contributed by atoms with Crippen LogP contribution in [0.2, 0.25) is 0 Å². The van der Waals surface area contributed by atoms with Crippen LogP contribution in [0.5, 0.6) is 0 Å². The quantitative estimate of drug-likeness (QED) is 0.543. The molecule has 8 nitrogen and oxygen atoms in total. The topological polar surface area (TPSA) is 114 Å². The zero-order chi connectivity index (χ0) is 20.0. The number of hydrogen-bond acceptors (Lipinski definition) is 7. The van der Waals surface area contributed by atoms with Crippen molar-refractivity contribution in [2.24, 2.45) is 5.73 Å². The highest BCUT2D eigenvalue weighted by molar-refractivity contribution is 7.18. The van der Waals surface area contributed by atoms with Gasteiger partial charge in [0.15, 0.2) is 0 Å². The first kappa shape index (κ1) is 21.3. The van der Waals surface area contributed by atoms with Crippen molar-refractivity contribution in [2.45, 2.75) is 39.7 Å². The second-order valence-corrected chi connectivity index (χ2v) is 7.47. The van der Waals surface area contributed by atoms with Crippen molar-refractivity contribution in [1.29, 1.82) is 0 Å². The molecule has 1 fully saturated rings. The number of primary amides is 1. The Labute approximate surface area is 163 Å². The van der Waals surface area contributed by atoms with E-state index in [2.05, 4.69) is 22.5 Å². The molecule has 1 aliphatic heterocycles. The summed E-state index contributed by atoms with van der Waals surface area (Å²) < 4.78 is 5.04. The zero-order valence-corrected chi connectivity index (χ0v) is 16.9. The molecule has 9 heteroatoms. The summed E-state index contributed by atoms with van der Waals surface area (Å²) in [6, 6.07) is 0.448. The number of nitrogens with two attached hydrogens (primary N) is 1. The van der Waals surface area contributed by atoms with Crippen molar-refractivity contribution < 1.29 is 19.1 Å². The summed E-state index contributed by atoms with van der Waals surface area (Å²) in [5.74, 6) is -1.49. The fraction of sp³-hybridized carbons (Fsp3) is 0.611. The number of thiophene rings is 1. The average molecular weight is 397 g/mol. The lowest BCUT2D eigenvalue weighted by molar-refractivity contribution is -0.115. The maximum absolute atomic E-state index is 12.3. The lowest BCUT2D eigenvalue weighted by atomic mass is 10.1. The van der Waals surface area contributed by atoms with Crippen LogP contribution < -0.4 is 16.4 Å². The fourth-order valence-corrected chi connectivity index (χ4v) is 4.41. The van der Waals surface area contributed by atoms with Gasteiger partial charge in [0.25, 0.3) is 5.91 Å². The van der Waals surface area contributed by atoms with Crippen LogP contribution in [0.3, 0.4) is 0 Å². The molecular weight excluding hydrogens is 368 g/mol. The number of anilines is 1. The number of nitrogens with one attached hydrogen (secondary N) is 2. The van der Waals surface area contributed by atoms with E-state index >= 15 is 0 Å². The maximum atomic E-state index is 12.3. The third-order valence-corrected chi connectivity index (χ3v) is 5.90. The van der Waals surface area contributed by atoms with Crippen LogP contribution in [-0.2, 0) is 9.53 Å². The predicted octanol–water partition coefficient (Wildman–Crippen LogP) is 1.34. The molecule has 1 aromatic rings. The second-order valence-electron chi connectivity index (χ2n) is 6.45. The molecule has 1 saturated heterocycles. The minimum absolute atomic E-state index is 0.124. The Morgan fingerprint density at radius 2 is 2.07 bits per heavy atom. The third-order valence-electron chi connectivity index (χ3n) is 4.67. The van der Waals surface area contributed by atoms with Gasteiger partial charge >= 0.3 is 5.97 Å². The van der Waals surface area contributed by atoms with Gasteiger partial charge in [0, 0.05) is 12.6 Å². The summed E-state index contributed by atoms with van der Waals surface area (Å²) in [5, 5.41) is 6.18. The number of likely N-dealkylation sites (tertiary alicyclic amines) is 1. The summed E-state index contributed by atoms with van der Waals surface area (Å²) >= 11 is 0.996. The summed E-state index contributed by atoms with van der Waals surface area (Å²) in [4.78, 5) is 38.8. The van der Waals surface area contributed by atoms with Crippen LogP contribution in [0, 0.1) is 6.92 Å². The minimum atomic E-state index is -0.637. The minimum Gasteiger partial charge on any atom is -0.462 e. The molecule has 0 unspecified atom stereocenters. The molecule has 150 valence electrons. The first-order valence-corrected chi connectivity index (χ1v) is 10.1. The molecule has 2 amide bonds. The molecule has 2 rings (SSSR count). The number of nitrogens with zero attached hydrogens (tertiary/aromatic N) is 1. The highest BCUT2D eigenvalue weighted by atomic mass is 32.1. The van der Waals surface area contributed by atoms with Gasteiger partial charge in [0.2, 0.25) is 5.91 Å². The third kappa shape index (κ3) is 5.27. The van der Waals surface area contributed by atoms with E-state index in [-0.39, 0.29) is 29.5 Å². The van der Waals surface area contributed by atoms with Gasteiger partial charge in [-0.25, -0.2) is 4.79 Å². The molecule has 0 aliphatic carbocycles. The van der Waals surface area contributed by atoms with Crippen molar-refractivity contribution in [3.63, 3.8) is 0 Å². The Hall–Kier alpha value is -1.97. The molecule has 0 radical (unpaired) electrons. The van der Waals surface area contributed by atoms with Crippen molar-refractivity contribution in [3.8, 4) is 0 Å². The van der Waals surface area contributed by atoms with Gasteiger partial charge in [0.1, 0.15) is 5.00 Å². The largest absolute Gasteiger partial charge is 0.462 e. The molecule has 0 spiro atoms. The standard InChI is InChI=1S/C18H28N4O4S/c1-4-22-8-6-7-12(22)9-20-10-13(23)21-17-14(18(25)26-5-2)11(3)15(27-17)16(19)24/h12,20H,4-10H2,1-3H3,(H2,19,24)(H,21,23)/t12-/m0/s1. The van der Waals surface area contributed by atoms with E-state index in [1.165, 1.54) is 6.42 Å². The van der Waals surface area contributed by atoms with E-state index in [0.29, 0.717) is 16.6 Å². The van der Waals surface area contributed by atoms with E-state index in [1.54, 1.807) is 13.8 Å². The molecule has 0 bridgehead atoms. The zero-order valence-electron chi connectivity index (χ0n) is 16.1. The number of hydrogen-bond donors (Lipinski definition) is 3. The smallest absolute Gasteiger partial charge is 0.341 e. The van der Waals surface area contributed by atoms with Crippen LogP contribution in [-0.4, -0.2) is 61.5 Å². The summed E-state index contributed by atoms with van der Waals surface area (Å²) in [5.41, 5.74) is 5.99. The number of carbonyl (C=O) groups is 3. The summed E-state index contributed by atoms with van der Waals surface area (Å²) in [7, 11) is 0. The highest BCUT2D eigenvalue weighted by Crippen LogP contribution is 2.33. The number of ether oxygens (including phenoxy) is 1. The van der Waals surface area contributed by atoms with Gasteiger partial charge in [0.05, 0.1) is 23.6 Å². The van der Waals surface area contributed by atoms with Gasteiger partial charge < -0.3 is 21.1 Å². The van der Waals surface area contributed by atoms with Gasteiger partial charge in [-0.2, -0.15) is 0 Å². The van der Waals surface area contributed by atoms with Crippen molar-refractivity contribution in [1.82, 2.24) is 10.2 Å². The van der Waals surface area contributed by atoms with Gasteiger partial charge in [-0.05, 0) is 45.3 Å². The Kier molecular flexibility index (Phi) is 7.76. The predicted molar refractivity (Wildman–Crippen MR) is 105 cm³/mol. The molecule has 0 aromatic carbocycles. The average Bonchev–Trinajstić information content (AvgIpc) is 3.19. The molecule has 1 atom stereocenters. The first-order chi connectivity index (χ1) is 12.9. The van der Waals surface area contributed by atoms with Gasteiger partial charge in [-0.3, -0.25) is 14.5 Å². The monoisotopic (exact) mass is 396 g/mol. The van der Waals surface area contributed by atoms with E-state index in [4.69, 9.17) is 10.5 Å². The van der Waals surface area contributed by atoms with Crippen molar-refractivity contribution in [2.75, 3.05) is 38.1 Å². The lowest BCUT2D eigenvalue weighted by Gasteiger charge is -2.22. The highest BCUT2D eigenvalue weighted by Gasteiger charge is 2.26. The molecule has 2 heterocycles. The molecule has 4 N–H and O–H groups in total. The molecular formula is C18H28N4O4S. The molecule has 1 aromatic heterocycles. The van der Waals surface area contributed by atoms with Crippen LogP contribution in [0.4, 0.5) is 5.00 Å². The van der Waals surface area contributed by atoms with E-state index < -0.39 is 11.9 Å². The number of rotatable bonds is 9. The van der Waals surface area contributed by atoms with Crippen LogP contribution in [0.25, 0.3) is 0 Å². The first-order valence-electron chi connectivity index (χ1n) is 9.23. The van der Waals surface area contributed by atoms with E-state index in [1.807, 2.05) is 0 Å². The van der Waals surface area contributed by atoms with E-state index in [9.17, 15) is 14.4 Å². The number of amides is 2. The second kappa shape index (κ2) is 9.82. The van der Waals surface area contributed by atoms with Gasteiger partial charge in [-0.1, -0.05) is 6.92 Å². The Morgan fingerprint density at radius 1 is 1.33 bits per heavy atom. The number of esters is 1. The number of carbonyl (C=O) groups excluding carboxylic acids is 3. The fourth-order valence-electron chi connectivity index (χ4n) is 3.35. The van der Waals surface area contributed by atoms with Crippen molar-refractivity contribution >= 4 is 34.1 Å². The number of likely N-dealkylation sites (N-methyl/N-ethyl adjacent to an activating group) is 1. The Balaban J connectivity index is 2.00. The molecule has 0 saturated carbocycles. The maximum Gasteiger partial charge on any atom is 0.341 e. The van der Waals surface area contributed by atoms with Gasteiger partial charge in [-0.15, -0.1) is 11.3 Å². The van der Waals surface area contributed by atoms with E-state index in [0.717, 1.165) is 37.4 Å². The summed E-state index contributed by atoms with van der Waals surface area (Å²) in [6.07, 6.45) is 2.31. The normalized spacial score (nSPS) is 17.1. The summed E-state index contributed by atoms with van der Waals surface area (Å²) in [6.45, 7) is 8.62. The molecule has 27 heavy (non-hydrogen) atoms. The van der Waals surface area contributed by atoms with Crippen LogP contribution in [0.1, 0.15) is 52.3 Å². The lowest BCUT2D eigenvalue weighted by Crippen LogP contribution is -2.40. The van der Waals surface area contributed by atoms with Crippen LogP contribution in [0.15, 0.2) is 0 Å².